The van der Waals surface area contributed by atoms with Gasteiger partial charge in [0, 0.05) is 5.02 Å². The Morgan fingerprint density at radius 1 is 1.17 bits per heavy atom. The van der Waals surface area contributed by atoms with Crippen molar-refractivity contribution in [3.05, 3.63) is 58.6 Å². The number of rotatable bonds is 3. The number of para-hydroxylation sites is 1. The van der Waals surface area contributed by atoms with Crippen molar-refractivity contribution >= 4 is 17.4 Å². The molecule has 0 fully saturated rings. The van der Waals surface area contributed by atoms with Crippen LogP contribution in [0.2, 0.25) is 5.02 Å². The maximum atomic E-state index is 12.3. The number of carbonyl (C=O) groups is 1. The summed E-state index contributed by atoms with van der Waals surface area (Å²) < 4.78 is 5.12. The summed E-state index contributed by atoms with van der Waals surface area (Å²) in [6.07, 6.45) is 0. The Morgan fingerprint density at radius 3 is 2.61 bits per heavy atom. The first-order chi connectivity index (χ1) is 8.63. The zero-order valence-electron chi connectivity index (χ0n) is 9.68. The highest BCUT2D eigenvalue weighted by Gasteiger charge is 2.17. The van der Waals surface area contributed by atoms with Crippen LogP contribution in [0.3, 0.4) is 0 Å². The predicted molar refractivity (Wildman–Crippen MR) is 69.5 cm³/mol. The highest BCUT2D eigenvalue weighted by molar-refractivity contribution is 6.31. The molecule has 0 unspecified atom stereocenters. The molecule has 0 aliphatic rings. The molecule has 0 heterocycles. The molecule has 0 spiro atoms. The van der Waals surface area contributed by atoms with Gasteiger partial charge in [-0.05, 0) is 30.3 Å². The Kier molecular flexibility index (Phi) is 3.53. The van der Waals surface area contributed by atoms with Gasteiger partial charge in [0.1, 0.15) is 11.5 Å². The first kappa shape index (κ1) is 12.5. The molecule has 2 rings (SSSR count). The number of methoxy groups -OCH3 is 1. The molecule has 0 atom stereocenters. The number of hydrogen-bond acceptors (Lipinski definition) is 3. The third kappa shape index (κ3) is 2.31. The first-order valence-corrected chi connectivity index (χ1v) is 5.67. The predicted octanol–water partition coefficient (Wildman–Crippen LogP) is 3.29. The van der Waals surface area contributed by atoms with Crippen LogP contribution in [0, 0.1) is 0 Å². The van der Waals surface area contributed by atoms with E-state index in [1.54, 1.807) is 24.3 Å². The van der Waals surface area contributed by atoms with E-state index in [0.29, 0.717) is 16.3 Å². The second-order valence-electron chi connectivity index (χ2n) is 3.69. The molecule has 2 aromatic rings. The Morgan fingerprint density at radius 2 is 1.89 bits per heavy atom. The normalized spacial score (nSPS) is 10.1. The molecule has 0 radical (unpaired) electrons. The van der Waals surface area contributed by atoms with E-state index in [1.165, 1.54) is 25.3 Å². The number of carbonyl (C=O) groups excluding carboxylic acids is 1. The van der Waals surface area contributed by atoms with Gasteiger partial charge in [0.05, 0.1) is 18.2 Å². The van der Waals surface area contributed by atoms with Gasteiger partial charge >= 0.3 is 0 Å². The zero-order valence-corrected chi connectivity index (χ0v) is 10.4. The van der Waals surface area contributed by atoms with E-state index in [4.69, 9.17) is 16.3 Å². The Bertz CT molecular complexity index is 593. The standard InChI is InChI=1S/C14H11ClO3/c1-18-13-5-3-2-4-10(13)14(17)11-8-9(15)6-7-12(11)16/h2-8,16H,1H3. The average Bonchev–Trinajstić information content (AvgIpc) is 2.40. The number of ether oxygens (including phenoxy) is 1. The van der Waals surface area contributed by atoms with E-state index < -0.39 is 0 Å². The van der Waals surface area contributed by atoms with Crippen molar-refractivity contribution in [1.29, 1.82) is 0 Å². The lowest BCUT2D eigenvalue weighted by Crippen LogP contribution is -2.04. The SMILES string of the molecule is COc1ccccc1C(=O)c1cc(Cl)ccc1O. The van der Waals surface area contributed by atoms with Crippen LogP contribution in [0.15, 0.2) is 42.5 Å². The molecule has 18 heavy (non-hydrogen) atoms. The molecule has 0 saturated heterocycles. The van der Waals surface area contributed by atoms with Crippen LogP contribution in [0.25, 0.3) is 0 Å². The van der Waals surface area contributed by atoms with E-state index in [2.05, 4.69) is 0 Å². The van der Waals surface area contributed by atoms with Gasteiger partial charge in [0.15, 0.2) is 0 Å². The highest BCUT2D eigenvalue weighted by atomic mass is 35.5. The van der Waals surface area contributed by atoms with Crippen LogP contribution >= 0.6 is 11.6 Å². The first-order valence-electron chi connectivity index (χ1n) is 5.29. The van der Waals surface area contributed by atoms with Gasteiger partial charge < -0.3 is 9.84 Å². The van der Waals surface area contributed by atoms with Crippen molar-refractivity contribution < 1.29 is 14.6 Å². The van der Waals surface area contributed by atoms with Crippen molar-refractivity contribution in [1.82, 2.24) is 0 Å². The highest BCUT2D eigenvalue weighted by Crippen LogP contribution is 2.27. The summed E-state index contributed by atoms with van der Waals surface area (Å²) in [6, 6.07) is 11.2. The summed E-state index contributed by atoms with van der Waals surface area (Å²) >= 11 is 5.83. The lowest BCUT2D eigenvalue weighted by atomic mass is 10.0. The molecule has 0 aromatic heterocycles. The fraction of sp³-hybridized carbons (Fsp3) is 0.0714. The number of phenols is 1. The fourth-order valence-electron chi connectivity index (χ4n) is 1.67. The summed E-state index contributed by atoms with van der Waals surface area (Å²) in [4.78, 5) is 12.3. The smallest absolute Gasteiger partial charge is 0.200 e. The van der Waals surface area contributed by atoms with Gasteiger partial charge in [0.2, 0.25) is 5.78 Å². The maximum Gasteiger partial charge on any atom is 0.200 e. The molecular weight excluding hydrogens is 252 g/mol. The number of aromatic hydroxyl groups is 1. The van der Waals surface area contributed by atoms with E-state index in [-0.39, 0.29) is 17.1 Å². The minimum Gasteiger partial charge on any atom is -0.507 e. The van der Waals surface area contributed by atoms with Crippen molar-refractivity contribution in [3.63, 3.8) is 0 Å². The van der Waals surface area contributed by atoms with Crippen LogP contribution in [0.5, 0.6) is 11.5 Å². The Labute approximate surface area is 110 Å². The molecule has 4 heteroatoms. The number of phenolic OH excluding ortho intramolecular Hbond substituents is 1. The van der Waals surface area contributed by atoms with Gasteiger partial charge in [0.25, 0.3) is 0 Å². The minimum atomic E-state index is -0.326. The van der Waals surface area contributed by atoms with Crippen molar-refractivity contribution in [2.24, 2.45) is 0 Å². The number of benzene rings is 2. The van der Waals surface area contributed by atoms with Crippen LogP contribution in [-0.2, 0) is 0 Å². The second kappa shape index (κ2) is 5.10. The number of ketones is 1. The lowest BCUT2D eigenvalue weighted by molar-refractivity contribution is 0.103. The van der Waals surface area contributed by atoms with Crippen molar-refractivity contribution in [2.75, 3.05) is 7.11 Å². The van der Waals surface area contributed by atoms with Gasteiger partial charge in [-0.1, -0.05) is 23.7 Å². The molecule has 2 aromatic carbocycles. The molecule has 0 saturated carbocycles. The fourth-order valence-corrected chi connectivity index (χ4v) is 1.84. The van der Waals surface area contributed by atoms with Gasteiger partial charge in [-0.15, -0.1) is 0 Å². The van der Waals surface area contributed by atoms with Crippen LogP contribution < -0.4 is 4.74 Å². The molecule has 0 amide bonds. The number of hydrogen-bond donors (Lipinski definition) is 1. The quantitative estimate of drug-likeness (QED) is 0.864. The van der Waals surface area contributed by atoms with Crippen LogP contribution in [-0.4, -0.2) is 18.0 Å². The second-order valence-corrected chi connectivity index (χ2v) is 4.13. The van der Waals surface area contributed by atoms with E-state index in [1.807, 2.05) is 0 Å². The van der Waals surface area contributed by atoms with Gasteiger partial charge in [-0.3, -0.25) is 4.79 Å². The largest absolute Gasteiger partial charge is 0.507 e. The molecular formula is C14H11ClO3. The van der Waals surface area contributed by atoms with Gasteiger partial charge in [-0.2, -0.15) is 0 Å². The molecule has 3 nitrogen and oxygen atoms in total. The van der Waals surface area contributed by atoms with E-state index in [9.17, 15) is 9.90 Å². The van der Waals surface area contributed by atoms with Crippen molar-refractivity contribution in [3.8, 4) is 11.5 Å². The number of halogens is 1. The third-order valence-electron chi connectivity index (χ3n) is 2.55. The van der Waals surface area contributed by atoms with Crippen LogP contribution in [0.1, 0.15) is 15.9 Å². The van der Waals surface area contributed by atoms with E-state index in [0.717, 1.165) is 0 Å². The van der Waals surface area contributed by atoms with Crippen LogP contribution in [0.4, 0.5) is 0 Å². The van der Waals surface area contributed by atoms with E-state index >= 15 is 0 Å². The summed E-state index contributed by atoms with van der Waals surface area (Å²) in [6.45, 7) is 0. The molecule has 1 N–H and O–H groups in total. The monoisotopic (exact) mass is 262 g/mol. The molecule has 0 aliphatic carbocycles. The van der Waals surface area contributed by atoms with Gasteiger partial charge in [-0.25, -0.2) is 0 Å². The average molecular weight is 263 g/mol. The summed E-state index contributed by atoms with van der Waals surface area (Å²) in [7, 11) is 1.49. The summed E-state index contributed by atoms with van der Waals surface area (Å²) in [5.41, 5.74) is 0.546. The zero-order chi connectivity index (χ0) is 13.1. The lowest BCUT2D eigenvalue weighted by Gasteiger charge is -2.08. The summed E-state index contributed by atoms with van der Waals surface area (Å²) in [5, 5.41) is 10.1. The maximum absolute atomic E-state index is 12.3. The minimum absolute atomic E-state index is 0.102. The molecule has 92 valence electrons. The Hall–Kier alpha value is -2.00. The Balaban J connectivity index is 2.51. The topological polar surface area (TPSA) is 46.5 Å². The van der Waals surface area contributed by atoms with Crippen molar-refractivity contribution in [2.45, 2.75) is 0 Å². The molecule has 0 aliphatic heterocycles. The summed E-state index contributed by atoms with van der Waals surface area (Å²) in [5.74, 6) is 0.0321. The molecule has 0 bridgehead atoms. The third-order valence-corrected chi connectivity index (χ3v) is 2.79.